The van der Waals surface area contributed by atoms with Crippen molar-refractivity contribution in [2.45, 2.75) is 45.4 Å². The fourth-order valence-corrected chi connectivity index (χ4v) is 2.61. The molecule has 1 aromatic rings. The number of carbonyl (C=O) groups excluding carboxylic acids is 3. The van der Waals surface area contributed by atoms with Gasteiger partial charge in [-0.05, 0) is 51.8 Å². The number of halogens is 4. The van der Waals surface area contributed by atoms with Crippen LogP contribution in [-0.2, 0) is 20.5 Å². The van der Waals surface area contributed by atoms with E-state index in [1.54, 1.807) is 0 Å². The van der Waals surface area contributed by atoms with E-state index in [-0.39, 0.29) is 5.02 Å². The Kier molecular flexibility index (Phi) is 5.52. The summed E-state index contributed by atoms with van der Waals surface area (Å²) in [5, 5.41) is -0.212. The molecule has 0 aromatic heterocycles. The molecule has 1 aliphatic rings. The van der Waals surface area contributed by atoms with Crippen LogP contribution in [0.25, 0.3) is 0 Å². The number of ketones is 2. The first-order chi connectivity index (χ1) is 11.8. The standard InChI is InChI=1S/C18H18ClF3O4/c1-17(2,3)26-16(25)13(14(23)9-4-5-9)15(24)11-7-6-10(19)8-12(11)18(20,21)22/h6-9,13H,4-5H2,1-3H3. The average molecular weight is 391 g/mol. The molecule has 0 aliphatic heterocycles. The molecule has 1 saturated carbocycles. The second-order valence-corrected chi connectivity index (χ2v) is 7.63. The van der Waals surface area contributed by atoms with Crippen molar-refractivity contribution in [1.29, 1.82) is 0 Å². The molecule has 26 heavy (non-hydrogen) atoms. The summed E-state index contributed by atoms with van der Waals surface area (Å²) < 4.78 is 45.0. The van der Waals surface area contributed by atoms with E-state index >= 15 is 0 Å². The highest BCUT2D eigenvalue weighted by molar-refractivity contribution is 6.31. The molecule has 0 amide bonds. The molecule has 1 fully saturated rings. The number of benzene rings is 1. The second kappa shape index (κ2) is 7.02. The van der Waals surface area contributed by atoms with Crippen LogP contribution in [0.3, 0.4) is 0 Å². The zero-order valence-corrected chi connectivity index (χ0v) is 15.2. The lowest BCUT2D eigenvalue weighted by Crippen LogP contribution is -2.39. The Morgan fingerprint density at radius 2 is 1.73 bits per heavy atom. The van der Waals surface area contributed by atoms with E-state index in [0.29, 0.717) is 18.9 Å². The third kappa shape index (κ3) is 4.84. The fraction of sp³-hybridized carbons (Fsp3) is 0.500. The van der Waals surface area contributed by atoms with Crippen LogP contribution < -0.4 is 0 Å². The topological polar surface area (TPSA) is 60.4 Å². The van der Waals surface area contributed by atoms with Crippen molar-refractivity contribution in [3.05, 3.63) is 34.3 Å². The van der Waals surface area contributed by atoms with E-state index in [1.807, 2.05) is 0 Å². The second-order valence-electron chi connectivity index (χ2n) is 7.20. The molecular formula is C18H18ClF3O4. The molecule has 1 atom stereocenters. The van der Waals surface area contributed by atoms with Crippen LogP contribution in [-0.4, -0.2) is 23.1 Å². The van der Waals surface area contributed by atoms with Gasteiger partial charge in [-0.25, -0.2) is 0 Å². The summed E-state index contributed by atoms with van der Waals surface area (Å²) in [5.41, 5.74) is -3.05. The van der Waals surface area contributed by atoms with E-state index < -0.39 is 52.3 Å². The van der Waals surface area contributed by atoms with Crippen LogP contribution in [0.5, 0.6) is 0 Å². The van der Waals surface area contributed by atoms with Crippen LogP contribution >= 0.6 is 11.6 Å². The van der Waals surface area contributed by atoms with Gasteiger partial charge in [0, 0.05) is 16.5 Å². The number of rotatable bonds is 5. The SMILES string of the molecule is CC(C)(C)OC(=O)C(C(=O)c1ccc(Cl)cc1C(F)(F)F)C(=O)C1CC1. The first-order valence-corrected chi connectivity index (χ1v) is 8.36. The largest absolute Gasteiger partial charge is 0.459 e. The maximum atomic E-state index is 13.3. The Bertz CT molecular complexity index is 746. The van der Waals surface area contributed by atoms with Gasteiger partial charge in [-0.1, -0.05) is 11.6 Å². The number of Topliss-reactive ketones (excluding diaryl/α,β-unsaturated/α-hetero) is 2. The number of carbonyl (C=O) groups is 3. The number of ether oxygens (including phenoxy) is 1. The molecule has 1 unspecified atom stereocenters. The molecule has 1 aliphatic carbocycles. The van der Waals surface area contributed by atoms with E-state index in [9.17, 15) is 27.6 Å². The molecule has 0 spiro atoms. The maximum absolute atomic E-state index is 13.3. The van der Waals surface area contributed by atoms with E-state index in [1.165, 1.54) is 20.8 Å². The van der Waals surface area contributed by atoms with E-state index in [0.717, 1.165) is 12.1 Å². The first kappa shape index (κ1) is 20.4. The molecule has 0 bridgehead atoms. The number of hydrogen-bond acceptors (Lipinski definition) is 4. The lowest BCUT2D eigenvalue weighted by Gasteiger charge is -2.23. The minimum Gasteiger partial charge on any atom is -0.459 e. The molecule has 0 saturated heterocycles. The van der Waals surface area contributed by atoms with Crippen molar-refractivity contribution >= 4 is 29.1 Å². The zero-order chi connectivity index (χ0) is 19.9. The summed E-state index contributed by atoms with van der Waals surface area (Å²) in [5.74, 6) is -5.47. The van der Waals surface area contributed by atoms with Gasteiger partial charge in [0.1, 0.15) is 5.60 Å². The zero-order valence-electron chi connectivity index (χ0n) is 14.4. The molecule has 142 valence electrons. The molecule has 4 nitrogen and oxygen atoms in total. The predicted molar refractivity (Wildman–Crippen MR) is 87.9 cm³/mol. The van der Waals surface area contributed by atoms with Gasteiger partial charge < -0.3 is 4.74 Å². The summed E-state index contributed by atoms with van der Waals surface area (Å²) in [6.45, 7) is 4.62. The van der Waals surface area contributed by atoms with Gasteiger partial charge in [-0.3, -0.25) is 14.4 Å². The Hall–Kier alpha value is -1.89. The summed E-state index contributed by atoms with van der Waals surface area (Å²) >= 11 is 5.61. The highest BCUT2D eigenvalue weighted by atomic mass is 35.5. The minimum absolute atomic E-state index is 0.212. The number of hydrogen-bond donors (Lipinski definition) is 0. The third-order valence-corrected chi connectivity index (χ3v) is 3.96. The molecule has 8 heteroatoms. The Morgan fingerprint density at radius 3 is 2.19 bits per heavy atom. The third-order valence-electron chi connectivity index (χ3n) is 3.72. The Balaban J connectivity index is 2.47. The Labute approximate surface area is 153 Å². The van der Waals surface area contributed by atoms with Crippen molar-refractivity contribution in [2.24, 2.45) is 11.8 Å². The van der Waals surface area contributed by atoms with Crippen molar-refractivity contribution in [2.75, 3.05) is 0 Å². The highest BCUT2D eigenvalue weighted by Crippen LogP contribution is 2.38. The van der Waals surface area contributed by atoms with Crippen LogP contribution in [0.15, 0.2) is 18.2 Å². The van der Waals surface area contributed by atoms with E-state index in [2.05, 4.69) is 0 Å². The van der Waals surface area contributed by atoms with Crippen molar-refractivity contribution < 1.29 is 32.3 Å². The van der Waals surface area contributed by atoms with Crippen LogP contribution in [0.1, 0.15) is 49.5 Å². The normalized spacial score (nSPS) is 16.1. The average Bonchev–Trinajstić information content (AvgIpc) is 3.28. The van der Waals surface area contributed by atoms with Crippen molar-refractivity contribution in [1.82, 2.24) is 0 Å². The number of esters is 1. The summed E-state index contributed by atoms with van der Waals surface area (Å²) in [6, 6.07) is 2.59. The van der Waals surface area contributed by atoms with Crippen molar-refractivity contribution in [3.8, 4) is 0 Å². The van der Waals surface area contributed by atoms with Crippen LogP contribution in [0.2, 0.25) is 5.02 Å². The molecule has 2 rings (SSSR count). The lowest BCUT2D eigenvalue weighted by molar-refractivity contribution is -0.160. The number of alkyl halides is 3. The highest BCUT2D eigenvalue weighted by Gasteiger charge is 2.46. The maximum Gasteiger partial charge on any atom is 0.417 e. The molecule has 0 heterocycles. The minimum atomic E-state index is -4.86. The van der Waals surface area contributed by atoms with Gasteiger partial charge in [-0.2, -0.15) is 13.2 Å². The molecule has 0 radical (unpaired) electrons. The van der Waals surface area contributed by atoms with Gasteiger partial charge in [0.05, 0.1) is 5.56 Å². The van der Waals surface area contributed by atoms with Crippen LogP contribution in [0, 0.1) is 11.8 Å². The summed E-state index contributed by atoms with van der Waals surface area (Å²) in [6.07, 6.45) is -3.87. The van der Waals surface area contributed by atoms with Gasteiger partial charge in [0.15, 0.2) is 17.5 Å². The molecular weight excluding hydrogens is 373 g/mol. The van der Waals surface area contributed by atoms with E-state index in [4.69, 9.17) is 16.3 Å². The summed E-state index contributed by atoms with van der Waals surface area (Å²) in [4.78, 5) is 37.6. The van der Waals surface area contributed by atoms with Crippen molar-refractivity contribution in [3.63, 3.8) is 0 Å². The monoisotopic (exact) mass is 390 g/mol. The first-order valence-electron chi connectivity index (χ1n) is 7.99. The molecule has 0 N–H and O–H groups in total. The summed E-state index contributed by atoms with van der Waals surface area (Å²) in [7, 11) is 0. The van der Waals surface area contributed by atoms with Gasteiger partial charge in [0.2, 0.25) is 0 Å². The van der Waals surface area contributed by atoms with Gasteiger partial charge >= 0.3 is 12.1 Å². The predicted octanol–water partition coefficient (Wildman–Crippen LogP) is 4.48. The van der Waals surface area contributed by atoms with Gasteiger partial charge in [0.25, 0.3) is 0 Å². The van der Waals surface area contributed by atoms with Crippen LogP contribution in [0.4, 0.5) is 13.2 Å². The molecule has 1 aromatic carbocycles. The van der Waals surface area contributed by atoms with Gasteiger partial charge in [-0.15, -0.1) is 0 Å². The quantitative estimate of drug-likeness (QED) is 0.422. The fourth-order valence-electron chi connectivity index (χ4n) is 2.44. The lowest BCUT2D eigenvalue weighted by atomic mass is 9.88. The smallest absolute Gasteiger partial charge is 0.417 e. The Morgan fingerprint density at radius 1 is 1.15 bits per heavy atom.